The highest BCUT2D eigenvalue weighted by Crippen LogP contribution is 2.24. The molecular formula is C16H14O2S. The molecule has 0 unspecified atom stereocenters. The maximum absolute atomic E-state index is 11.8. The molecule has 2 rings (SSSR count). The highest BCUT2D eigenvalue weighted by molar-refractivity contribution is 7.95. The Kier molecular flexibility index (Phi) is 4.03. The van der Waals surface area contributed by atoms with Gasteiger partial charge in [-0.25, -0.2) is 8.42 Å². The van der Waals surface area contributed by atoms with E-state index in [1.54, 1.807) is 0 Å². The van der Waals surface area contributed by atoms with E-state index in [-0.39, 0.29) is 5.75 Å². The molecule has 0 radical (unpaired) electrons. The first kappa shape index (κ1) is 13.4. The molecule has 0 N–H and O–H groups in total. The first-order valence-corrected chi connectivity index (χ1v) is 7.57. The van der Waals surface area contributed by atoms with E-state index in [4.69, 9.17) is 0 Å². The molecule has 0 bridgehead atoms. The van der Waals surface area contributed by atoms with Crippen LogP contribution in [0.25, 0.3) is 11.1 Å². The Hall–Kier alpha value is -2.05. The Labute approximate surface area is 114 Å². The number of hydrogen-bond donors (Lipinski definition) is 0. The lowest BCUT2D eigenvalue weighted by molar-refractivity contribution is 0.605. The molecule has 19 heavy (non-hydrogen) atoms. The fourth-order valence-electron chi connectivity index (χ4n) is 1.94. The molecule has 0 atom stereocenters. The van der Waals surface area contributed by atoms with E-state index in [0.717, 1.165) is 16.7 Å². The molecule has 2 aromatic rings. The summed E-state index contributed by atoms with van der Waals surface area (Å²) in [5.74, 6) is 2.39. The zero-order valence-corrected chi connectivity index (χ0v) is 11.4. The second-order valence-corrected chi connectivity index (χ2v) is 5.86. The van der Waals surface area contributed by atoms with Crippen LogP contribution in [0.3, 0.4) is 0 Å². The summed E-state index contributed by atoms with van der Waals surface area (Å²) in [4.78, 5) is 0. The van der Waals surface area contributed by atoms with E-state index >= 15 is 0 Å². The molecule has 0 saturated heterocycles. The van der Waals surface area contributed by atoms with E-state index in [9.17, 15) is 8.42 Å². The first-order chi connectivity index (χ1) is 9.12. The van der Waals surface area contributed by atoms with E-state index < -0.39 is 9.84 Å². The normalized spacial score (nSPS) is 10.6. The lowest BCUT2D eigenvalue weighted by Crippen LogP contribution is -2.02. The van der Waals surface area contributed by atoms with Gasteiger partial charge in [0.25, 0.3) is 0 Å². The minimum atomic E-state index is -3.38. The third-order valence-corrected chi connectivity index (χ3v) is 3.91. The van der Waals surface area contributed by atoms with Crippen molar-refractivity contribution >= 4 is 9.84 Å². The van der Waals surface area contributed by atoms with E-state index in [1.807, 2.05) is 54.6 Å². The largest absolute Gasteiger partial charge is 0.220 e. The monoisotopic (exact) mass is 270 g/mol. The van der Waals surface area contributed by atoms with Gasteiger partial charge in [-0.1, -0.05) is 60.5 Å². The lowest BCUT2D eigenvalue weighted by Gasteiger charge is -2.08. The van der Waals surface area contributed by atoms with Gasteiger partial charge < -0.3 is 0 Å². The molecule has 0 spiro atoms. The molecule has 0 aliphatic heterocycles. The van der Waals surface area contributed by atoms with Crippen molar-refractivity contribution in [3.63, 3.8) is 0 Å². The zero-order chi connectivity index (χ0) is 13.7. The van der Waals surface area contributed by atoms with Gasteiger partial charge in [0.05, 0.1) is 5.75 Å². The van der Waals surface area contributed by atoms with Crippen molar-refractivity contribution in [2.24, 2.45) is 0 Å². The molecule has 0 fully saturated rings. The lowest BCUT2D eigenvalue weighted by atomic mass is 10.0. The number of benzene rings is 2. The minimum absolute atomic E-state index is 0.0566. The molecule has 0 saturated carbocycles. The van der Waals surface area contributed by atoms with Crippen LogP contribution in [0.15, 0.2) is 54.6 Å². The molecule has 2 nitrogen and oxygen atoms in total. The third-order valence-electron chi connectivity index (χ3n) is 2.71. The van der Waals surface area contributed by atoms with E-state index in [2.05, 4.69) is 11.2 Å². The molecule has 0 aliphatic rings. The first-order valence-electron chi connectivity index (χ1n) is 5.92. The smallest absolute Gasteiger partial charge is 0.215 e. The second-order valence-electron chi connectivity index (χ2n) is 4.13. The Balaban J connectivity index is 2.45. The number of sulfone groups is 1. The SMILES string of the molecule is CC#CS(=O)(=O)Cc1ccccc1-c1ccccc1. The Morgan fingerprint density at radius 3 is 2.26 bits per heavy atom. The Morgan fingerprint density at radius 2 is 1.58 bits per heavy atom. The second kappa shape index (κ2) is 5.73. The summed E-state index contributed by atoms with van der Waals surface area (Å²) in [6.07, 6.45) is 0. The predicted octanol–water partition coefficient (Wildman–Crippen LogP) is 3.25. The topological polar surface area (TPSA) is 34.1 Å². The molecule has 0 heterocycles. The van der Waals surface area contributed by atoms with Crippen LogP contribution in [0.1, 0.15) is 12.5 Å². The van der Waals surface area contributed by atoms with Crippen molar-refractivity contribution in [2.75, 3.05) is 0 Å². The molecule has 3 heteroatoms. The molecule has 0 aromatic heterocycles. The van der Waals surface area contributed by atoms with Gasteiger partial charge >= 0.3 is 0 Å². The van der Waals surface area contributed by atoms with Gasteiger partial charge in [0.2, 0.25) is 9.84 Å². The average Bonchev–Trinajstić information content (AvgIpc) is 2.40. The van der Waals surface area contributed by atoms with Gasteiger partial charge in [0.15, 0.2) is 0 Å². The minimum Gasteiger partial charge on any atom is -0.215 e. The third kappa shape index (κ3) is 3.46. The van der Waals surface area contributed by atoms with Crippen LogP contribution in [-0.4, -0.2) is 8.42 Å². The Bertz CT molecular complexity index is 720. The Morgan fingerprint density at radius 1 is 0.947 bits per heavy atom. The van der Waals surface area contributed by atoms with Crippen LogP contribution in [-0.2, 0) is 15.6 Å². The fourth-order valence-corrected chi connectivity index (χ4v) is 2.99. The van der Waals surface area contributed by atoms with Crippen LogP contribution in [0, 0.1) is 11.2 Å². The van der Waals surface area contributed by atoms with Crippen molar-refractivity contribution in [1.29, 1.82) is 0 Å². The summed E-state index contributed by atoms with van der Waals surface area (Å²) < 4.78 is 23.6. The highest BCUT2D eigenvalue weighted by Gasteiger charge is 2.12. The average molecular weight is 270 g/mol. The summed E-state index contributed by atoms with van der Waals surface area (Å²) >= 11 is 0. The molecule has 0 amide bonds. The van der Waals surface area contributed by atoms with Crippen molar-refractivity contribution < 1.29 is 8.42 Å². The predicted molar refractivity (Wildman–Crippen MR) is 78.0 cm³/mol. The number of rotatable bonds is 3. The van der Waals surface area contributed by atoms with Crippen molar-refractivity contribution in [3.8, 4) is 22.3 Å². The summed E-state index contributed by atoms with van der Waals surface area (Å²) in [6, 6.07) is 17.3. The van der Waals surface area contributed by atoms with E-state index in [0.29, 0.717) is 0 Å². The standard InChI is InChI=1S/C16H14O2S/c1-2-12-19(17,18)13-15-10-6-7-11-16(15)14-8-4-3-5-9-14/h3-11H,13H2,1H3. The quantitative estimate of drug-likeness (QED) is 0.634. The van der Waals surface area contributed by atoms with Crippen LogP contribution in [0.5, 0.6) is 0 Å². The maximum atomic E-state index is 11.8. The van der Waals surface area contributed by atoms with Crippen molar-refractivity contribution in [3.05, 3.63) is 60.2 Å². The number of hydrogen-bond acceptors (Lipinski definition) is 2. The maximum Gasteiger partial charge on any atom is 0.220 e. The fraction of sp³-hybridized carbons (Fsp3) is 0.125. The summed E-state index contributed by atoms with van der Waals surface area (Å²) in [7, 11) is -3.38. The van der Waals surface area contributed by atoms with Gasteiger partial charge in [-0.15, -0.1) is 0 Å². The van der Waals surface area contributed by atoms with Gasteiger partial charge in [0.1, 0.15) is 0 Å². The molecule has 0 aliphatic carbocycles. The molecule has 2 aromatic carbocycles. The van der Waals surface area contributed by atoms with Crippen LogP contribution in [0.2, 0.25) is 0 Å². The summed E-state index contributed by atoms with van der Waals surface area (Å²) in [5, 5.41) is 2.27. The van der Waals surface area contributed by atoms with Crippen LogP contribution >= 0.6 is 0 Å². The van der Waals surface area contributed by atoms with Crippen molar-refractivity contribution in [1.82, 2.24) is 0 Å². The molecular weight excluding hydrogens is 256 g/mol. The summed E-state index contributed by atoms with van der Waals surface area (Å²) in [6.45, 7) is 1.53. The van der Waals surface area contributed by atoms with Crippen molar-refractivity contribution in [2.45, 2.75) is 12.7 Å². The van der Waals surface area contributed by atoms with Gasteiger partial charge in [0, 0.05) is 5.25 Å². The van der Waals surface area contributed by atoms with Gasteiger partial charge in [-0.05, 0) is 23.6 Å². The molecule has 96 valence electrons. The van der Waals surface area contributed by atoms with Crippen LogP contribution < -0.4 is 0 Å². The van der Waals surface area contributed by atoms with E-state index in [1.165, 1.54) is 6.92 Å². The van der Waals surface area contributed by atoms with Gasteiger partial charge in [-0.2, -0.15) is 0 Å². The highest BCUT2D eigenvalue weighted by atomic mass is 32.2. The van der Waals surface area contributed by atoms with Crippen LogP contribution in [0.4, 0.5) is 0 Å². The van der Waals surface area contributed by atoms with Gasteiger partial charge in [-0.3, -0.25) is 0 Å². The zero-order valence-electron chi connectivity index (χ0n) is 10.6. The summed E-state index contributed by atoms with van der Waals surface area (Å²) in [5.41, 5.74) is 2.72.